The molecule has 0 aromatic rings. The van der Waals surface area contributed by atoms with Crippen LogP contribution in [0, 0.1) is 11.3 Å². The third-order valence-corrected chi connectivity index (χ3v) is 2.86. The van der Waals surface area contributed by atoms with Crippen LogP contribution in [0.15, 0.2) is 0 Å². The van der Waals surface area contributed by atoms with E-state index in [1.165, 1.54) is 6.42 Å². The van der Waals surface area contributed by atoms with Crippen LogP contribution in [0.4, 0.5) is 0 Å². The molecular formula is C10H18O. The fourth-order valence-electron chi connectivity index (χ4n) is 2.08. The van der Waals surface area contributed by atoms with Gasteiger partial charge in [-0.3, -0.25) is 4.79 Å². The smallest absolute Gasteiger partial charge is 0.135 e. The van der Waals surface area contributed by atoms with Crippen LogP contribution in [0.25, 0.3) is 0 Å². The Labute approximate surface area is 69.2 Å². The summed E-state index contributed by atoms with van der Waals surface area (Å²) in [6, 6.07) is 0. The van der Waals surface area contributed by atoms with Crippen LogP contribution in [0.1, 0.15) is 46.5 Å². The van der Waals surface area contributed by atoms with Crippen molar-refractivity contribution in [2.75, 3.05) is 0 Å². The van der Waals surface area contributed by atoms with Gasteiger partial charge in [0.1, 0.15) is 5.78 Å². The maximum Gasteiger partial charge on any atom is 0.135 e. The van der Waals surface area contributed by atoms with Crippen molar-refractivity contribution < 1.29 is 4.79 Å². The molecule has 0 bridgehead atoms. The molecule has 1 rings (SSSR count). The Morgan fingerprint density at radius 2 is 2.00 bits per heavy atom. The van der Waals surface area contributed by atoms with E-state index in [1.807, 2.05) is 0 Å². The molecule has 0 aromatic carbocycles. The fraction of sp³-hybridized carbons (Fsp3) is 0.900. The summed E-state index contributed by atoms with van der Waals surface area (Å²) in [5.74, 6) is 1.08. The second-order valence-electron chi connectivity index (χ2n) is 4.29. The normalized spacial score (nSPS) is 21.5. The minimum absolute atomic E-state index is 0.105. The number of carbonyl (C=O) groups excluding carboxylic acids is 1. The summed E-state index contributed by atoms with van der Waals surface area (Å²) in [7, 11) is 0. The second kappa shape index (κ2) is 2.96. The maximum atomic E-state index is 11.3. The van der Waals surface area contributed by atoms with Crippen LogP contribution in [-0.4, -0.2) is 5.78 Å². The zero-order valence-electron chi connectivity index (χ0n) is 7.81. The molecule has 0 heterocycles. The van der Waals surface area contributed by atoms with Crippen LogP contribution >= 0.6 is 0 Å². The van der Waals surface area contributed by atoms with E-state index in [1.54, 1.807) is 6.92 Å². The summed E-state index contributed by atoms with van der Waals surface area (Å²) in [4.78, 5) is 11.3. The lowest BCUT2D eigenvalue weighted by Gasteiger charge is -2.40. The molecule has 0 atom stereocenters. The Morgan fingerprint density at radius 3 is 2.09 bits per heavy atom. The molecule has 1 heteroatoms. The molecule has 0 unspecified atom stereocenters. The number of hydrogen-bond donors (Lipinski definition) is 0. The van der Waals surface area contributed by atoms with Crippen LogP contribution < -0.4 is 0 Å². The van der Waals surface area contributed by atoms with Crippen LogP contribution in [0.3, 0.4) is 0 Å². The molecule has 0 aliphatic heterocycles. The Morgan fingerprint density at radius 1 is 1.45 bits per heavy atom. The summed E-state index contributed by atoms with van der Waals surface area (Å²) in [5.41, 5.74) is 0.105. The van der Waals surface area contributed by atoms with E-state index >= 15 is 0 Å². The standard InChI is InChI=1S/C10H18O/c1-8(2)7-10(9(3)11)5-4-6-10/h8H,4-7H2,1-3H3. The highest BCUT2D eigenvalue weighted by Crippen LogP contribution is 2.46. The van der Waals surface area contributed by atoms with Crippen molar-refractivity contribution in [2.45, 2.75) is 46.5 Å². The van der Waals surface area contributed by atoms with E-state index in [4.69, 9.17) is 0 Å². The van der Waals surface area contributed by atoms with Gasteiger partial charge in [0.05, 0.1) is 0 Å². The molecular weight excluding hydrogens is 136 g/mol. The topological polar surface area (TPSA) is 17.1 Å². The van der Waals surface area contributed by atoms with Gasteiger partial charge < -0.3 is 0 Å². The zero-order valence-corrected chi connectivity index (χ0v) is 7.81. The minimum atomic E-state index is 0.105. The third-order valence-electron chi connectivity index (χ3n) is 2.86. The summed E-state index contributed by atoms with van der Waals surface area (Å²) in [6.45, 7) is 6.15. The number of ketones is 1. The first-order valence-electron chi connectivity index (χ1n) is 4.58. The Balaban J connectivity index is 2.54. The lowest BCUT2D eigenvalue weighted by molar-refractivity contribution is -0.132. The highest BCUT2D eigenvalue weighted by molar-refractivity contribution is 5.83. The lowest BCUT2D eigenvalue weighted by atomic mass is 9.62. The van der Waals surface area contributed by atoms with E-state index in [0.29, 0.717) is 11.7 Å². The van der Waals surface area contributed by atoms with Crippen LogP contribution in [0.2, 0.25) is 0 Å². The van der Waals surface area contributed by atoms with Crippen molar-refractivity contribution in [1.29, 1.82) is 0 Å². The second-order valence-corrected chi connectivity index (χ2v) is 4.29. The average Bonchev–Trinajstić information content (AvgIpc) is 1.77. The van der Waals surface area contributed by atoms with Crippen molar-refractivity contribution in [3.63, 3.8) is 0 Å². The number of carbonyl (C=O) groups is 1. The van der Waals surface area contributed by atoms with Crippen molar-refractivity contribution in [3.05, 3.63) is 0 Å². The van der Waals surface area contributed by atoms with Crippen molar-refractivity contribution >= 4 is 5.78 Å². The van der Waals surface area contributed by atoms with E-state index in [0.717, 1.165) is 19.3 Å². The number of Topliss-reactive ketones (excluding diaryl/α,β-unsaturated/α-hetero) is 1. The van der Waals surface area contributed by atoms with Gasteiger partial charge in [0.25, 0.3) is 0 Å². The van der Waals surface area contributed by atoms with Gasteiger partial charge in [-0.15, -0.1) is 0 Å². The van der Waals surface area contributed by atoms with Gasteiger partial charge in [0.2, 0.25) is 0 Å². The average molecular weight is 154 g/mol. The van der Waals surface area contributed by atoms with Gasteiger partial charge in [0.15, 0.2) is 0 Å². The van der Waals surface area contributed by atoms with Gasteiger partial charge >= 0.3 is 0 Å². The van der Waals surface area contributed by atoms with Crippen molar-refractivity contribution in [1.82, 2.24) is 0 Å². The highest BCUT2D eigenvalue weighted by Gasteiger charge is 2.41. The SMILES string of the molecule is CC(=O)C1(CC(C)C)CCC1. The molecule has 1 aliphatic rings. The van der Waals surface area contributed by atoms with E-state index in [9.17, 15) is 4.79 Å². The van der Waals surface area contributed by atoms with Gasteiger partial charge in [-0.05, 0) is 32.1 Å². The molecule has 1 saturated carbocycles. The maximum absolute atomic E-state index is 11.3. The van der Waals surface area contributed by atoms with Crippen molar-refractivity contribution in [2.24, 2.45) is 11.3 Å². The monoisotopic (exact) mass is 154 g/mol. The van der Waals surface area contributed by atoms with E-state index in [2.05, 4.69) is 13.8 Å². The quantitative estimate of drug-likeness (QED) is 0.611. The molecule has 0 saturated heterocycles. The summed E-state index contributed by atoms with van der Waals surface area (Å²) >= 11 is 0. The summed E-state index contributed by atoms with van der Waals surface area (Å²) in [6.07, 6.45) is 4.63. The number of hydrogen-bond acceptors (Lipinski definition) is 1. The molecule has 0 radical (unpaired) electrons. The van der Waals surface area contributed by atoms with E-state index < -0.39 is 0 Å². The van der Waals surface area contributed by atoms with Crippen molar-refractivity contribution in [3.8, 4) is 0 Å². The van der Waals surface area contributed by atoms with Gasteiger partial charge in [-0.2, -0.15) is 0 Å². The Bertz CT molecular complexity index is 154. The first-order chi connectivity index (χ1) is 5.07. The molecule has 64 valence electrons. The Hall–Kier alpha value is -0.330. The molecule has 1 aliphatic carbocycles. The molecule has 0 N–H and O–H groups in total. The van der Waals surface area contributed by atoms with Crippen LogP contribution in [-0.2, 0) is 4.79 Å². The first kappa shape index (κ1) is 8.76. The minimum Gasteiger partial charge on any atom is -0.299 e. The molecule has 0 spiro atoms. The largest absolute Gasteiger partial charge is 0.299 e. The number of rotatable bonds is 3. The molecule has 0 aromatic heterocycles. The van der Waals surface area contributed by atoms with E-state index in [-0.39, 0.29) is 5.41 Å². The van der Waals surface area contributed by atoms with Gasteiger partial charge in [-0.25, -0.2) is 0 Å². The van der Waals surface area contributed by atoms with Gasteiger partial charge in [-0.1, -0.05) is 20.3 Å². The molecule has 1 nitrogen and oxygen atoms in total. The Kier molecular flexibility index (Phi) is 2.36. The predicted octanol–water partition coefficient (Wildman–Crippen LogP) is 2.79. The molecule has 0 amide bonds. The third kappa shape index (κ3) is 1.63. The highest BCUT2D eigenvalue weighted by atomic mass is 16.1. The summed E-state index contributed by atoms with van der Waals surface area (Å²) < 4.78 is 0. The van der Waals surface area contributed by atoms with Gasteiger partial charge in [0, 0.05) is 5.41 Å². The first-order valence-corrected chi connectivity index (χ1v) is 4.58. The molecule has 11 heavy (non-hydrogen) atoms. The molecule has 1 fully saturated rings. The van der Waals surface area contributed by atoms with Crippen LogP contribution in [0.5, 0.6) is 0 Å². The zero-order chi connectivity index (χ0) is 8.48. The predicted molar refractivity (Wildman–Crippen MR) is 46.4 cm³/mol. The fourth-order valence-corrected chi connectivity index (χ4v) is 2.08. The summed E-state index contributed by atoms with van der Waals surface area (Å²) in [5, 5.41) is 0. The lowest BCUT2D eigenvalue weighted by Crippen LogP contribution is -2.37.